The largest absolute Gasteiger partial charge is 0.387 e. The van der Waals surface area contributed by atoms with E-state index in [1.165, 1.54) is 6.20 Å². The Morgan fingerprint density at radius 1 is 1.21 bits per heavy atom. The van der Waals surface area contributed by atoms with Gasteiger partial charge in [0.05, 0.1) is 22.6 Å². The van der Waals surface area contributed by atoms with Crippen molar-refractivity contribution in [2.75, 3.05) is 5.32 Å². The molecular formula is C25H29N5O4. The molecule has 2 aromatic rings. The molecule has 1 aliphatic carbocycles. The number of aromatic nitrogens is 3. The van der Waals surface area contributed by atoms with Crippen LogP contribution in [0.2, 0.25) is 0 Å². The van der Waals surface area contributed by atoms with Gasteiger partial charge in [0.2, 0.25) is 0 Å². The lowest BCUT2D eigenvalue weighted by atomic mass is 9.82. The summed E-state index contributed by atoms with van der Waals surface area (Å²) >= 11 is 0. The predicted molar refractivity (Wildman–Crippen MR) is 124 cm³/mol. The number of aliphatic hydroxyl groups is 2. The highest BCUT2D eigenvalue weighted by atomic mass is 16.6. The number of nitrogens with one attached hydrogen (secondary N) is 2. The fourth-order valence-corrected chi connectivity index (χ4v) is 5.68. The number of hydrogen-bond donors (Lipinski definition) is 4. The second kappa shape index (κ2) is 8.31. The second-order valence-electron chi connectivity index (χ2n) is 10.0. The summed E-state index contributed by atoms with van der Waals surface area (Å²) in [5.41, 5.74) is 1.73. The number of pyridine rings is 1. The Bertz CT molecular complexity index is 1180. The maximum Gasteiger partial charge on any atom is 0.291 e. The Hall–Kier alpha value is -3.06. The van der Waals surface area contributed by atoms with Crippen molar-refractivity contribution in [3.8, 4) is 6.07 Å². The number of carbonyl (C=O) groups excluding carboxylic acids is 1. The number of aliphatic hydroxyl groups excluding tert-OH is 2. The molecule has 0 spiro atoms. The molecule has 4 N–H and O–H groups in total. The molecule has 0 radical (unpaired) electrons. The third-order valence-electron chi connectivity index (χ3n) is 7.41. The summed E-state index contributed by atoms with van der Waals surface area (Å²) in [5.74, 6) is -0.385. The van der Waals surface area contributed by atoms with E-state index in [2.05, 4.69) is 21.4 Å². The van der Waals surface area contributed by atoms with Crippen molar-refractivity contribution in [2.45, 2.75) is 81.7 Å². The summed E-state index contributed by atoms with van der Waals surface area (Å²) in [7, 11) is 0. The molecule has 2 aromatic heterocycles. The van der Waals surface area contributed by atoms with Crippen LogP contribution in [0.1, 0.15) is 86.0 Å². The van der Waals surface area contributed by atoms with Crippen LogP contribution < -0.4 is 5.32 Å². The van der Waals surface area contributed by atoms with E-state index in [4.69, 9.17) is 15.0 Å². The number of allylic oxidation sites excluding steroid dienone is 2. The van der Waals surface area contributed by atoms with Crippen LogP contribution in [0.25, 0.3) is 5.57 Å². The summed E-state index contributed by atoms with van der Waals surface area (Å²) < 4.78 is 6.10. The van der Waals surface area contributed by atoms with Gasteiger partial charge in [0.25, 0.3) is 5.91 Å². The van der Waals surface area contributed by atoms with Crippen molar-refractivity contribution < 1.29 is 19.7 Å². The lowest BCUT2D eigenvalue weighted by Crippen LogP contribution is -2.43. The van der Waals surface area contributed by atoms with Gasteiger partial charge in [-0.3, -0.25) is 9.78 Å². The number of fused-ring (bicyclic) bond motifs is 2. The van der Waals surface area contributed by atoms with Gasteiger partial charge in [0, 0.05) is 17.8 Å². The molecule has 2 saturated heterocycles. The summed E-state index contributed by atoms with van der Waals surface area (Å²) in [6.45, 7) is 3.69. The molecule has 2 bridgehead atoms. The van der Waals surface area contributed by atoms with Crippen LogP contribution in [0.5, 0.6) is 0 Å². The number of amides is 1. The highest BCUT2D eigenvalue weighted by Crippen LogP contribution is 2.53. The van der Waals surface area contributed by atoms with Crippen LogP contribution >= 0.6 is 0 Å². The molecule has 5 rings (SSSR count). The minimum atomic E-state index is -0.951. The van der Waals surface area contributed by atoms with Crippen molar-refractivity contribution in [3.63, 3.8) is 0 Å². The van der Waals surface area contributed by atoms with Crippen LogP contribution in [0.4, 0.5) is 5.69 Å². The maximum atomic E-state index is 12.8. The van der Waals surface area contributed by atoms with Gasteiger partial charge in [0.15, 0.2) is 11.5 Å². The fourth-order valence-electron chi connectivity index (χ4n) is 5.68. The lowest BCUT2D eigenvalue weighted by Gasteiger charge is -2.41. The third kappa shape index (κ3) is 3.82. The van der Waals surface area contributed by atoms with Crippen molar-refractivity contribution in [3.05, 3.63) is 47.3 Å². The topological polar surface area (TPSA) is 144 Å². The van der Waals surface area contributed by atoms with Gasteiger partial charge < -0.3 is 25.3 Å². The van der Waals surface area contributed by atoms with E-state index in [1.807, 2.05) is 32.0 Å². The van der Waals surface area contributed by atoms with Crippen LogP contribution in [0.3, 0.4) is 0 Å². The lowest BCUT2D eigenvalue weighted by molar-refractivity contribution is -0.153. The highest BCUT2D eigenvalue weighted by molar-refractivity contribution is 6.03. The molecule has 178 valence electrons. The van der Waals surface area contributed by atoms with Gasteiger partial charge in [-0.25, -0.2) is 4.98 Å². The molecule has 1 amide bonds. The molecule has 9 heteroatoms. The van der Waals surface area contributed by atoms with Crippen molar-refractivity contribution in [1.82, 2.24) is 15.0 Å². The van der Waals surface area contributed by atoms with E-state index in [1.54, 1.807) is 0 Å². The minimum absolute atomic E-state index is 0.00787. The van der Waals surface area contributed by atoms with E-state index < -0.39 is 29.3 Å². The Morgan fingerprint density at radius 3 is 2.56 bits per heavy atom. The number of anilines is 1. The summed E-state index contributed by atoms with van der Waals surface area (Å²) in [6.07, 6.45) is 6.77. The number of H-pyrrole nitrogens is 1. The number of imidazole rings is 1. The molecule has 34 heavy (non-hydrogen) atoms. The molecule has 3 aliphatic rings. The van der Waals surface area contributed by atoms with E-state index >= 15 is 0 Å². The standard InChI is InChI=1S/C25H29N5O4/c1-24-10-15(11-25(2,34-24)21(32)20(24)31)17-8-9-18(19(29-17)14-6-4-3-5-7-14)30-23(33)22-27-13-16(12-26)28-22/h6,8-9,13,15,20-21,31-32H,3-5,7,10-11H2,1-2H3,(H,27,28)(H,30,33)/t15?,20-,21+,24+,25?/m1/s1. The van der Waals surface area contributed by atoms with Crippen LogP contribution in [0, 0.1) is 11.3 Å². The number of nitrogens with zero attached hydrogens (tertiary/aromatic N) is 3. The first kappa shape index (κ1) is 22.7. The Kier molecular flexibility index (Phi) is 5.55. The Labute approximate surface area is 197 Å². The summed E-state index contributed by atoms with van der Waals surface area (Å²) in [5, 5.41) is 33.1. The number of aromatic amines is 1. The van der Waals surface area contributed by atoms with Crippen molar-refractivity contribution >= 4 is 17.2 Å². The van der Waals surface area contributed by atoms with Crippen molar-refractivity contribution in [1.29, 1.82) is 5.26 Å². The van der Waals surface area contributed by atoms with Crippen molar-refractivity contribution in [2.24, 2.45) is 0 Å². The third-order valence-corrected chi connectivity index (χ3v) is 7.41. The maximum absolute atomic E-state index is 12.8. The fraction of sp³-hybridized carbons (Fsp3) is 0.520. The number of hydrogen-bond acceptors (Lipinski definition) is 7. The first-order chi connectivity index (χ1) is 16.2. The van der Waals surface area contributed by atoms with Gasteiger partial charge in [-0.15, -0.1) is 0 Å². The smallest absolute Gasteiger partial charge is 0.291 e. The first-order valence-corrected chi connectivity index (χ1v) is 11.8. The number of ether oxygens (including phenoxy) is 1. The molecule has 4 heterocycles. The number of nitriles is 1. The first-order valence-electron chi connectivity index (χ1n) is 11.8. The SMILES string of the molecule is CC12CC(c3ccc(NC(=O)c4nc(C#N)c[nH]4)c(C4=CCCCC4)n3)C[C@](C)(O1)[C@H](O)[C@@H]2O. The minimum Gasteiger partial charge on any atom is -0.387 e. The van der Waals surface area contributed by atoms with Gasteiger partial charge in [0.1, 0.15) is 18.3 Å². The molecule has 2 aliphatic heterocycles. The molecule has 5 atom stereocenters. The van der Waals surface area contributed by atoms with E-state index in [9.17, 15) is 15.0 Å². The predicted octanol–water partition coefficient (Wildman–Crippen LogP) is 3.03. The average molecular weight is 464 g/mol. The number of rotatable bonds is 4. The molecular weight excluding hydrogens is 434 g/mol. The van der Waals surface area contributed by atoms with Gasteiger partial charge in [-0.2, -0.15) is 5.26 Å². The van der Waals surface area contributed by atoms with Crippen LogP contribution in [-0.4, -0.2) is 54.5 Å². The zero-order valence-electron chi connectivity index (χ0n) is 19.3. The number of carbonyl (C=O) groups is 1. The highest BCUT2D eigenvalue weighted by Gasteiger charge is 2.62. The van der Waals surface area contributed by atoms with Crippen LogP contribution in [0.15, 0.2) is 24.4 Å². The van der Waals surface area contributed by atoms with E-state index in [0.717, 1.165) is 42.6 Å². The van der Waals surface area contributed by atoms with Gasteiger partial charge in [-0.05, 0) is 70.1 Å². The molecule has 2 fully saturated rings. The van der Waals surface area contributed by atoms with Crippen LogP contribution in [-0.2, 0) is 4.74 Å². The summed E-state index contributed by atoms with van der Waals surface area (Å²) in [6, 6.07) is 5.66. The van der Waals surface area contributed by atoms with Gasteiger partial charge in [-0.1, -0.05) is 6.08 Å². The Morgan fingerprint density at radius 2 is 1.94 bits per heavy atom. The van der Waals surface area contributed by atoms with E-state index in [-0.39, 0.29) is 17.4 Å². The molecule has 9 nitrogen and oxygen atoms in total. The molecule has 0 aromatic carbocycles. The molecule has 2 unspecified atom stereocenters. The summed E-state index contributed by atoms with van der Waals surface area (Å²) in [4.78, 5) is 24.5. The molecule has 0 saturated carbocycles. The monoisotopic (exact) mass is 463 g/mol. The quantitative estimate of drug-likeness (QED) is 0.545. The van der Waals surface area contributed by atoms with E-state index in [0.29, 0.717) is 18.5 Å². The zero-order chi connectivity index (χ0) is 24.1. The normalized spacial score (nSPS) is 32.7. The Balaban J connectivity index is 1.48. The zero-order valence-corrected chi connectivity index (χ0v) is 19.3. The van der Waals surface area contributed by atoms with Gasteiger partial charge >= 0.3 is 0 Å². The average Bonchev–Trinajstić information content (AvgIpc) is 3.36. The second-order valence-corrected chi connectivity index (χ2v) is 10.0.